The monoisotopic (exact) mass is 236 g/mol. The van der Waals surface area contributed by atoms with Gasteiger partial charge in [0.2, 0.25) is 0 Å². The van der Waals surface area contributed by atoms with Gasteiger partial charge in [-0.15, -0.1) is 0 Å². The summed E-state index contributed by atoms with van der Waals surface area (Å²) in [5, 5.41) is 4.82. The van der Waals surface area contributed by atoms with Gasteiger partial charge < -0.3 is 4.74 Å². The van der Waals surface area contributed by atoms with Gasteiger partial charge >= 0.3 is 0 Å². The summed E-state index contributed by atoms with van der Waals surface area (Å²) in [6.45, 7) is 0.640. The molecule has 0 saturated carbocycles. The third-order valence-electron chi connectivity index (χ3n) is 2.36. The van der Waals surface area contributed by atoms with Crippen molar-refractivity contribution in [3.8, 4) is 5.75 Å². The van der Waals surface area contributed by atoms with Gasteiger partial charge in [0.15, 0.2) is 0 Å². The minimum Gasteiger partial charge on any atom is -0.493 e. The predicted molar refractivity (Wildman–Crippen MR) is 63.9 cm³/mol. The fraction of sp³-hybridized carbons (Fsp3) is 0.250. The Kier molecular flexibility index (Phi) is 3.47. The summed E-state index contributed by atoms with van der Waals surface area (Å²) in [5.74, 6) is 0.839. The van der Waals surface area contributed by atoms with E-state index in [1.807, 2.05) is 42.1 Å². The maximum Gasteiger partial charge on any atom is 0.119 e. The summed E-state index contributed by atoms with van der Waals surface area (Å²) in [6, 6.07) is 9.37. The molecule has 0 saturated heterocycles. The quantitative estimate of drug-likeness (QED) is 0.816. The molecule has 2 rings (SSSR count). The van der Waals surface area contributed by atoms with Gasteiger partial charge in [0.25, 0.3) is 0 Å². The summed E-state index contributed by atoms with van der Waals surface area (Å²) >= 11 is 5.78. The molecule has 4 heteroatoms. The van der Waals surface area contributed by atoms with Gasteiger partial charge in [-0.25, -0.2) is 0 Å². The Balaban J connectivity index is 1.84. The van der Waals surface area contributed by atoms with Gasteiger partial charge in [0.05, 0.1) is 6.61 Å². The molecule has 0 spiro atoms. The van der Waals surface area contributed by atoms with E-state index in [1.54, 1.807) is 6.20 Å². The van der Waals surface area contributed by atoms with Crippen molar-refractivity contribution in [1.29, 1.82) is 0 Å². The zero-order valence-electron chi connectivity index (χ0n) is 9.06. The third-order valence-corrected chi connectivity index (χ3v) is 2.61. The second kappa shape index (κ2) is 5.03. The summed E-state index contributed by atoms with van der Waals surface area (Å²) in [6.07, 6.45) is 2.64. The lowest BCUT2D eigenvalue weighted by Gasteiger charge is -2.06. The summed E-state index contributed by atoms with van der Waals surface area (Å²) < 4.78 is 7.44. The van der Waals surface area contributed by atoms with Crippen molar-refractivity contribution >= 4 is 11.6 Å². The Bertz CT molecular complexity index is 450. The fourth-order valence-electron chi connectivity index (χ4n) is 1.45. The number of hydrogen-bond donors (Lipinski definition) is 0. The van der Waals surface area contributed by atoms with E-state index in [-0.39, 0.29) is 0 Å². The number of nitrogens with zero attached hydrogens (tertiary/aromatic N) is 2. The number of ether oxygens (including phenoxy) is 1. The van der Waals surface area contributed by atoms with Gasteiger partial charge in [-0.3, -0.25) is 4.68 Å². The molecule has 1 heterocycles. The average molecular weight is 237 g/mol. The minimum atomic E-state index is 0.640. The van der Waals surface area contributed by atoms with Crippen LogP contribution in [0.2, 0.25) is 5.02 Å². The Labute approximate surface area is 99.6 Å². The summed E-state index contributed by atoms with van der Waals surface area (Å²) in [5.41, 5.74) is 1.16. The van der Waals surface area contributed by atoms with E-state index >= 15 is 0 Å². The molecule has 0 unspecified atom stereocenters. The number of aryl methyl sites for hydroxylation is 1. The van der Waals surface area contributed by atoms with Crippen LogP contribution in [-0.2, 0) is 13.5 Å². The maximum absolute atomic E-state index is 5.78. The average Bonchev–Trinajstić information content (AvgIpc) is 2.68. The van der Waals surface area contributed by atoms with Gasteiger partial charge in [0, 0.05) is 30.4 Å². The Morgan fingerprint density at radius 1 is 1.25 bits per heavy atom. The van der Waals surface area contributed by atoms with Gasteiger partial charge in [0.1, 0.15) is 5.75 Å². The maximum atomic E-state index is 5.78. The second-order valence-electron chi connectivity index (χ2n) is 3.50. The first-order chi connectivity index (χ1) is 7.75. The van der Waals surface area contributed by atoms with Crippen LogP contribution in [0.15, 0.2) is 36.5 Å². The van der Waals surface area contributed by atoms with E-state index < -0.39 is 0 Å². The van der Waals surface area contributed by atoms with Crippen LogP contribution >= 0.6 is 11.6 Å². The van der Waals surface area contributed by atoms with E-state index in [0.29, 0.717) is 6.61 Å². The van der Waals surface area contributed by atoms with E-state index in [1.165, 1.54) is 0 Å². The van der Waals surface area contributed by atoms with Gasteiger partial charge in [-0.2, -0.15) is 5.10 Å². The Hall–Kier alpha value is -1.48. The molecule has 1 aromatic carbocycles. The van der Waals surface area contributed by atoms with Crippen LogP contribution in [0.25, 0.3) is 0 Å². The van der Waals surface area contributed by atoms with Crippen LogP contribution in [-0.4, -0.2) is 16.4 Å². The summed E-state index contributed by atoms with van der Waals surface area (Å²) in [4.78, 5) is 0. The number of rotatable bonds is 4. The fourth-order valence-corrected chi connectivity index (χ4v) is 1.58. The van der Waals surface area contributed by atoms with Gasteiger partial charge in [-0.05, 0) is 30.3 Å². The lowest BCUT2D eigenvalue weighted by atomic mass is 10.3. The van der Waals surface area contributed by atoms with Crippen LogP contribution in [0.1, 0.15) is 5.69 Å². The highest BCUT2D eigenvalue weighted by Crippen LogP contribution is 2.15. The normalized spacial score (nSPS) is 10.4. The van der Waals surface area contributed by atoms with Crippen molar-refractivity contribution < 1.29 is 4.74 Å². The molecule has 1 aromatic heterocycles. The topological polar surface area (TPSA) is 27.1 Å². The molecule has 0 radical (unpaired) electrons. The summed E-state index contributed by atoms with van der Waals surface area (Å²) in [7, 11) is 1.93. The minimum absolute atomic E-state index is 0.640. The van der Waals surface area contributed by atoms with Crippen molar-refractivity contribution in [2.24, 2.45) is 7.05 Å². The number of halogens is 1. The largest absolute Gasteiger partial charge is 0.493 e. The molecule has 0 aliphatic heterocycles. The molecule has 0 aliphatic rings. The van der Waals surface area contributed by atoms with Gasteiger partial charge in [-0.1, -0.05) is 11.6 Å². The molecule has 0 atom stereocenters. The molecule has 0 fully saturated rings. The lowest BCUT2D eigenvalue weighted by molar-refractivity contribution is 0.318. The van der Waals surface area contributed by atoms with E-state index in [9.17, 15) is 0 Å². The SMILES string of the molecule is Cn1nccc1CCOc1ccc(Cl)cc1. The lowest BCUT2D eigenvalue weighted by Crippen LogP contribution is -2.05. The van der Waals surface area contributed by atoms with Crippen LogP contribution in [0.3, 0.4) is 0 Å². The van der Waals surface area contributed by atoms with Crippen LogP contribution in [0.5, 0.6) is 5.75 Å². The van der Waals surface area contributed by atoms with Crippen molar-refractivity contribution in [2.75, 3.05) is 6.61 Å². The number of benzene rings is 1. The molecular weight excluding hydrogens is 224 g/mol. The zero-order chi connectivity index (χ0) is 11.4. The molecule has 0 bridgehead atoms. The Morgan fingerprint density at radius 3 is 2.62 bits per heavy atom. The van der Waals surface area contributed by atoms with Crippen molar-refractivity contribution in [2.45, 2.75) is 6.42 Å². The smallest absolute Gasteiger partial charge is 0.119 e. The van der Waals surface area contributed by atoms with E-state index in [0.717, 1.165) is 22.9 Å². The van der Waals surface area contributed by atoms with E-state index in [2.05, 4.69) is 5.10 Å². The molecule has 0 N–H and O–H groups in total. The predicted octanol–water partition coefficient (Wildman–Crippen LogP) is 2.70. The van der Waals surface area contributed by atoms with Crippen molar-refractivity contribution in [3.63, 3.8) is 0 Å². The molecule has 0 amide bonds. The second-order valence-corrected chi connectivity index (χ2v) is 3.93. The molecule has 2 aromatic rings. The zero-order valence-corrected chi connectivity index (χ0v) is 9.81. The van der Waals surface area contributed by atoms with Crippen LogP contribution in [0, 0.1) is 0 Å². The first kappa shape index (κ1) is 11.0. The highest BCUT2D eigenvalue weighted by molar-refractivity contribution is 6.30. The third kappa shape index (κ3) is 2.76. The number of hydrogen-bond acceptors (Lipinski definition) is 2. The molecule has 0 aliphatic carbocycles. The molecule has 3 nitrogen and oxygen atoms in total. The van der Waals surface area contributed by atoms with Crippen molar-refractivity contribution in [1.82, 2.24) is 9.78 Å². The number of aromatic nitrogens is 2. The standard InChI is InChI=1S/C12H13ClN2O/c1-15-11(6-8-14-15)7-9-16-12-4-2-10(13)3-5-12/h2-6,8H,7,9H2,1H3. The first-order valence-corrected chi connectivity index (χ1v) is 5.49. The molecular formula is C12H13ClN2O. The van der Waals surface area contributed by atoms with Crippen molar-refractivity contribution in [3.05, 3.63) is 47.2 Å². The van der Waals surface area contributed by atoms with Crippen LogP contribution < -0.4 is 4.74 Å². The van der Waals surface area contributed by atoms with Crippen LogP contribution in [0.4, 0.5) is 0 Å². The molecule has 16 heavy (non-hydrogen) atoms. The molecule has 84 valence electrons. The Morgan fingerprint density at radius 2 is 2.00 bits per heavy atom. The highest BCUT2D eigenvalue weighted by Gasteiger charge is 1.99. The van der Waals surface area contributed by atoms with E-state index in [4.69, 9.17) is 16.3 Å². The highest BCUT2D eigenvalue weighted by atomic mass is 35.5. The first-order valence-electron chi connectivity index (χ1n) is 5.11.